The summed E-state index contributed by atoms with van der Waals surface area (Å²) in [6.07, 6.45) is -1.89. The first-order chi connectivity index (χ1) is 22.3. The minimum Gasteiger partial charge on any atom is -0.465 e. The van der Waals surface area contributed by atoms with E-state index in [0.29, 0.717) is 18.1 Å². The number of esters is 1. The number of carboxylic acid groups (broad SMARTS) is 1. The summed E-state index contributed by atoms with van der Waals surface area (Å²) in [6.45, 7) is 10.9. The molecule has 1 atom stereocenters. The fourth-order valence-electron chi connectivity index (χ4n) is 6.02. The molecule has 0 unspecified atom stereocenters. The van der Waals surface area contributed by atoms with Crippen LogP contribution in [0.1, 0.15) is 44.9 Å². The predicted molar refractivity (Wildman–Crippen MR) is 187 cm³/mol. The summed E-state index contributed by atoms with van der Waals surface area (Å²) in [4.78, 5) is 33.5. The van der Waals surface area contributed by atoms with Crippen molar-refractivity contribution in [1.29, 1.82) is 0 Å². The van der Waals surface area contributed by atoms with Crippen LogP contribution < -0.4 is 4.90 Å². The summed E-state index contributed by atoms with van der Waals surface area (Å²) in [5.41, 5.74) is 5.45. The Morgan fingerprint density at radius 2 is 1.81 bits per heavy atom. The second-order valence-corrected chi connectivity index (χ2v) is 14.3. The van der Waals surface area contributed by atoms with E-state index in [0.717, 1.165) is 59.8 Å². The Morgan fingerprint density at radius 1 is 1.13 bits per heavy atom. The molecule has 2 aromatic heterocycles. The molecule has 0 bridgehead atoms. The first kappa shape index (κ1) is 32.7. The maximum absolute atomic E-state index is 13.5. The highest BCUT2D eigenvalue weighted by Gasteiger charge is 2.36. The van der Waals surface area contributed by atoms with E-state index in [-0.39, 0.29) is 12.6 Å². The quantitative estimate of drug-likeness (QED) is 0.167. The number of aromatic nitrogens is 3. The molecule has 47 heavy (non-hydrogen) atoms. The first-order valence-corrected chi connectivity index (χ1v) is 16.7. The number of aryl methyl sites for hydroxylation is 2. The molecular weight excluding hydrogens is 638 g/mol. The second kappa shape index (κ2) is 12.4. The Hall–Kier alpha value is -4.19. The third-order valence-corrected chi connectivity index (χ3v) is 9.77. The van der Waals surface area contributed by atoms with Gasteiger partial charge in [-0.15, -0.1) is 11.3 Å². The van der Waals surface area contributed by atoms with E-state index < -0.39 is 23.8 Å². The number of hydrogen-bond acceptors (Lipinski definition) is 8. The molecule has 1 fully saturated rings. The molecule has 0 spiro atoms. The van der Waals surface area contributed by atoms with Gasteiger partial charge in [0, 0.05) is 54.3 Å². The Kier molecular flexibility index (Phi) is 8.67. The van der Waals surface area contributed by atoms with Crippen molar-refractivity contribution >= 4 is 61.9 Å². The van der Waals surface area contributed by atoms with Crippen molar-refractivity contribution in [3.05, 3.63) is 64.7 Å². The molecule has 3 aromatic carbocycles. The molecule has 5 aromatic rings. The number of thiazole rings is 1. The number of halogens is 1. The van der Waals surface area contributed by atoms with Crippen molar-refractivity contribution in [1.82, 2.24) is 19.7 Å². The van der Waals surface area contributed by atoms with Crippen LogP contribution in [-0.2, 0) is 21.3 Å². The minimum atomic E-state index is -0.953. The molecule has 0 aliphatic carbocycles. The van der Waals surface area contributed by atoms with Gasteiger partial charge < -0.3 is 24.4 Å². The zero-order chi connectivity index (χ0) is 33.8. The van der Waals surface area contributed by atoms with E-state index in [4.69, 9.17) is 31.2 Å². The van der Waals surface area contributed by atoms with Gasteiger partial charge in [-0.2, -0.15) is 5.10 Å². The van der Waals surface area contributed by atoms with E-state index >= 15 is 0 Å². The standard InChI is InChI=1S/C35H38ClN5O5S/c1-8-45-33(42)29(46-35(3,4)5)27-19(2)15-25-30(28(27)20-9-12-22(36)13-10-20)47-32(37-25)21-11-14-26-24(16-21)31(38-40(26)7)41-17-23(18-41)39(6)34(43)44/h9-16,23,29H,8,17-18H2,1-7H3,(H,43,44)/t29-/m0/s1. The third kappa shape index (κ3) is 6.27. The van der Waals surface area contributed by atoms with Crippen LogP contribution in [0.15, 0.2) is 48.5 Å². The van der Waals surface area contributed by atoms with Gasteiger partial charge in [0.2, 0.25) is 0 Å². The van der Waals surface area contributed by atoms with Crippen LogP contribution in [0.25, 0.3) is 42.8 Å². The number of rotatable bonds is 8. The van der Waals surface area contributed by atoms with Crippen molar-refractivity contribution in [3.8, 4) is 21.7 Å². The first-order valence-electron chi connectivity index (χ1n) is 15.5. The maximum atomic E-state index is 13.5. The number of likely N-dealkylation sites (N-methyl/N-ethyl adjacent to an activating group) is 1. The van der Waals surface area contributed by atoms with Crippen molar-refractivity contribution in [2.24, 2.45) is 7.05 Å². The molecule has 1 N–H and O–H groups in total. The molecule has 1 aliphatic heterocycles. The summed E-state index contributed by atoms with van der Waals surface area (Å²) in [7, 11) is 3.51. The Labute approximate surface area is 282 Å². The second-order valence-electron chi connectivity index (χ2n) is 12.9. The smallest absolute Gasteiger partial charge is 0.407 e. The number of amides is 1. The zero-order valence-electron chi connectivity index (χ0n) is 27.5. The summed E-state index contributed by atoms with van der Waals surface area (Å²) in [5, 5.41) is 16.6. The van der Waals surface area contributed by atoms with Gasteiger partial charge in [-0.1, -0.05) is 23.7 Å². The average molecular weight is 676 g/mol. The number of fused-ring (bicyclic) bond motifs is 2. The maximum Gasteiger partial charge on any atom is 0.407 e. The minimum absolute atomic E-state index is 0.0820. The van der Waals surface area contributed by atoms with E-state index in [1.165, 1.54) is 4.90 Å². The molecule has 246 valence electrons. The van der Waals surface area contributed by atoms with Crippen molar-refractivity contribution in [2.75, 3.05) is 31.6 Å². The molecule has 0 radical (unpaired) electrons. The molecule has 1 amide bonds. The molecule has 0 saturated carbocycles. The lowest BCUT2D eigenvalue weighted by Gasteiger charge is -2.43. The molecule has 1 aliphatic rings. The highest BCUT2D eigenvalue weighted by Crippen LogP contribution is 2.45. The Bertz CT molecular complexity index is 1990. The molecule has 12 heteroatoms. The summed E-state index contributed by atoms with van der Waals surface area (Å²) in [5.74, 6) is 0.374. The van der Waals surface area contributed by atoms with Gasteiger partial charge in [0.15, 0.2) is 11.9 Å². The number of anilines is 1. The molecule has 6 rings (SSSR count). The highest BCUT2D eigenvalue weighted by atomic mass is 35.5. The van der Waals surface area contributed by atoms with Crippen molar-refractivity contribution < 1.29 is 24.2 Å². The van der Waals surface area contributed by atoms with E-state index in [9.17, 15) is 14.7 Å². The SMILES string of the molecule is CCOC(=O)[C@@H](OC(C)(C)C)c1c(C)cc2nc(-c3ccc4c(c3)c(N3CC(N(C)C(=O)O)C3)nn4C)sc2c1-c1ccc(Cl)cc1. The van der Waals surface area contributed by atoms with Crippen LogP contribution in [-0.4, -0.2) is 75.2 Å². The van der Waals surface area contributed by atoms with Crippen LogP contribution in [0.5, 0.6) is 0 Å². The van der Waals surface area contributed by atoms with Gasteiger partial charge in [-0.3, -0.25) is 4.68 Å². The van der Waals surface area contributed by atoms with Crippen molar-refractivity contribution in [3.63, 3.8) is 0 Å². The fourth-order valence-corrected chi connectivity index (χ4v) is 7.26. The number of carbonyl (C=O) groups is 2. The summed E-state index contributed by atoms with van der Waals surface area (Å²) >= 11 is 7.85. The van der Waals surface area contributed by atoms with Crippen molar-refractivity contribution in [2.45, 2.75) is 52.4 Å². The molecule has 3 heterocycles. The van der Waals surface area contributed by atoms with Gasteiger partial charge in [0.05, 0.1) is 34.0 Å². The molecule has 1 saturated heterocycles. The highest BCUT2D eigenvalue weighted by molar-refractivity contribution is 7.22. The zero-order valence-corrected chi connectivity index (χ0v) is 29.1. The van der Waals surface area contributed by atoms with E-state index in [1.807, 2.05) is 81.9 Å². The van der Waals surface area contributed by atoms with Gasteiger partial charge in [-0.05, 0) is 82.1 Å². The number of carbonyl (C=O) groups excluding carboxylic acids is 1. The predicted octanol–water partition coefficient (Wildman–Crippen LogP) is 7.70. The number of ether oxygens (including phenoxy) is 2. The number of hydrogen-bond donors (Lipinski definition) is 1. The van der Waals surface area contributed by atoms with Crippen LogP contribution in [0, 0.1) is 6.92 Å². The van der Waals surface area contributed by atoms with Gasteiger partial charge >= 0.3 is 12.1 Å². The number of benzene rings is 3. The third-order valence-electron chi connectivity index (χ3n) is 8.38. The van der Waals surface area contributed by atoms with Crippen LogP contribution in [0.3, 0.4) is 0 Å². The van der Waals surface area contributed by atoms with E-state index in [1.54, 1.807) is 25.3 Å². The summed E-state index contributed by atoms with van der Waals surface area (Å²) < 4.78 is 14.7. The fraction of sp³-hybridized carbons (Fsp3) is 0.371. The average Bonchev–Trinajstić information content (AvgIpc) is 3.55. The number of nitrogens with zero attached hydrogens (tertiary/aromatic N) is 5. The molecule has 10 nitrogen and oxygen atoms in total. The summed E-state index contributed by atoms with van der Waals surface area (Å²) in [6, 6.07) is 15.7. The van der Waals surface area contributed by atoms with Gasteiger partial charge in [0.1, 0.15) is 5.01 Å². The van der Waals surface area contributed by atoms with Crippen LogP contribution >= 0.6 is 22.9 Å². The topological polar surface area (TPSA) is 110 Å². The van der Waals surface area contributed by atoms with Crippen LogP contribution in [0.4, 0.5) is 10.6 Å². The lowest BCUT2D eigenvalue weighted by atomic mass is 9.91. The Morgan fingerprint density at radius 3 is 2.45 bits per heavy atom. The normalized spacial score (nSPS) is 14.4. The lowest BCUT2D eigenvalue weighted by molar-refractivity contribution is -0.166. The van der Waals surface area contributed by atoms with Gasteiger partial charge in [0.25, 0.3) is 0 Å². The van der Waals surface area contributed by atoms with Crippen LogP contribution in [0.2, 0.25) is 5.02 Å². The van der Waals surface area contributed by atoms with E-state index in [2.05, 4.69) is 11.0 Å². The molecular formula is C35H38ClN5O5S. The van der Waals surface area contributed by atoms with Gasteiger partial charge in [-0.25, -0.2) is 14.6 Å². The lowest BCUT2D eigenvalue weighted by Crippen LogP contribution is -2.59. The largest absolute Gasteiger partial charge is 0.465 e. The Balaban J connectivity index is 1.49. The monoisotopic (exact) mass is 675 g/mol.